The molecule has 1 amide bonds. The molecule has 0 atom stereocenters. The van der Waals surface area contributed by atoms with Crippen molar-refractivity contribution in [3.63, 3.8) is 0 Å². The van der Waals surface area contributed by atoms with Gasteiger partial charge in [-0.15, -0.1) is 0 Å². The summed E-state index contributed by atoms with van der Waals surface area (Å²) in [5, 5.41) is 7.57. The van der Waals surface area contributed by atoms with E-state index in [2.05, 4.69) is 17.3 Å². The highest BCUT2D eigenvalue weighted by molar-refractivity contribution is 5.93. The summed E-state index contributed by atoms with van der Waals surface area (Å²) in [7, 11) is 0. The van der Waals surface area contributed by atoms with E-state index in [0.29, 0.717) is 6.04 Å². The highest BCUT2D eigenvalue weighted by atomic mass is 16.2. The number of hydrogen-bond acceptors (Lipinski definition) is 3. The summed E-state index contributed by atoms with van der Waals surface area (Å²) in [4.78, 5) is 14.6. The fourth-order valence-corrected chi connectivity index (χ4v) is 2.29. The predicted molar refractivity (Wildman–Crippen MR) is 70.6 cm³/mol. The van der Waals surface area contributed by atoms with Crippen molar-refractivity contribution in [3.8, 4) is 0 Å². The molecule has 1 aromatic rings. The van der Waals surface area contributed by atoms with Crippen molar-refractivity contribution >= 4 is 5.91 Å². The minimum Gasteiger partial charge on any atom is -0.332 e. The average Bonchev–Trinajstić information content (AvgIpc) is 2.66. The third-order valence-corrected chi connectivity index (χ3v) is 3.35. The molecule has 0 saturated carbocycles. The van der Waals surface area contributed by atoms with Crippen molar-refractivity contribution in [2.75, 3.05) is 19.6 Å². The van der Waals surface area contributed by atoms with Crippen LogP contribution >= 0.6 is 0 Å². The molecule has 0 aromatic carbocycles. The zero-order valence-corrected chi connectivity index (χ0v) is 11.4. The first kappa shape index (κ1) is 13.1. The predicted octanol–water partition coefficient (Wildman–Crippen LogP) is 1.04. The Morgan fingerprint density at radius 2 is 2.28 bits per heavy atom. The van der Waals surface area contributed by atoms with Crippen LogP contribution in [0.25, 0.3) is 0 Å². The van der Waals surface area contributed by atoms with Gasteiger partial charge in [-0.1, -0.05) is 6.92 Å². The molecule has 0 bridgehead atoms. The van der Waals surface area contributed by atoms with Gasteiger partial charge in [0.1, 0.15) is 5.69 Å². The molecule has 0 unspecified atom stereocenters. The van der Waals surface area contributed by atoms with E-state index in [0.717, 1.165) is 44.0 Å². The fraction of sp³-hybridized carbons (Fsp3) is 0.692. The molecule has 1 aliphatic rings. The van der Waals surface area contributed by atoms with Crippen LogP contribution in [0.2, 0.25) is 0 Å². The highest BCUT2D eigenvalue weighted by Gasteiger charge is 2.30. The van der Waals surface area contributed by atoms with Crippen LogP contribution in [0.4, 0.5) is 0 Å². The monoisotopic (exact) mass is 250 g/mol. The van der Waals surface area contributed by atoms with Gasteiger partial charge in [-0.05, 0) is 26.3 Å². The zero-order valence-electron chi connectivity index (χ0n) is 11.4. The third-order valence-electron chi connectivity index (χ3n) is 3.35. The largest absolute Gasteiger partial charge is 0.332 e. The maximum Gasteiger partial charge on any atom is 0.272 e. The first-order valence-electron chi connectivity index (χ1n) is 6.73. The van der Waals surface area contributed by atoms with Crippen molar-refractivity contribution in [2.24, 2.45) is 0 Å². The zero-order chi connectivity index (χ0) is 13.1. The van der Waals surface area contributed by atoms with Gasteiger partial charge in [0.2, 0.25) is 0 Å². The number of nitrogens with zero attached hydrogens (tertiary/aromatic N) is 3. The molecule has 1 aromatic heterocycles. The Morgan fingerprint density at radius 3 is 2.78 bits per heavy atom. The highest BCUT2D eigenvalue weighted by Crippen LogP contribution is 2.13. The summed E-state index contributed by atoms with van der Waals surface area (Å²) in [6.07, 6.45) is 0.988. The number of aromatic nitrogens is 2. The van der Waals surface area contributed by atoms with Gasteiger partial charge in [0.25, 0.3) is 5.91 Å². The molecule has 5 heteroatoms. The van der Waals surface area contributed by atoms with E-state index in [1.165, 1.54) is 0 Å². The van der Waals surface area contributed by atoms with Crippen molar-refractivity contribution in [3.05, 3.63) is 17.5 Å². The van der Waals surface area contributed by atoms with Crippen LogP contribution in [0.1, 0.15) is 36.5 Å². The summed E-state index contributed by atoms with van der Waals surface area (Å²) in [5.74, 6) is 0.116. The molecule has 1 N–H and O–H groups in total. The normalized spacial score (nSPS) is 15.5. The Bertz CT molecular complexity index is 423. The maximum absolute atomic E-state index is 12.6. The SMILES string of the molecule is CCCN(C(=O)c1cc(C)nn1CC)C1CNC1. The minimum atomic E-state index is 0.116. The molecule has 1 fully saturated rings. The van der Waals surface area contributed by atoms with Gasteiger partial charge < -0.3 is 10.2 Å². The summed E-state index contributed by atoms with van der Waals surface area (Å²) in [6.45, 7) is 9.41. The number of nitrogens with one attached hydrogen (secondary N) is 1. The lowest BCUT2D eigenvalue weighted by molar-refractivity contribution is 0.0603. The molecule has 18 heavy (non-hydrogen) atoms. The first-order valence-corrected chi connectivity index (χ1v) is 6.73. The summed E-state index contributed by atoms with van der Waals surface area (Å²) in [6, 6.07) is 2.23. The second-order valence-electron chi connectivity index (χ2n) is 4.80. The van der Waals surface area contributed by atoms with E-state index in [9.17, 15) is 4.79 Å². The number of carbonyl (C=O) groups excluding carboxylic acids is 1. The van der Waals surface area contributed by atoms with Crippen molar-refractivity contribution in [1.82, 2.24) is 20.0 Å². The Balaban J connectivity index is 2.20. The van der Waals surface area contributed by atoms with Gasteiger partial charge >= 0.3 is 0 Å². The van der Waals surface area contributed by atoms with Gasteiger partial charge in [0, 0.05) is 26.2 Å². The molecular formula is C13H22N4O. The minimum absolute atomic E-state index is 0.116. The first-order chi connectivity index (χ1) is 8.67. The Labute approximate surface area is 108 Å². The van der Waals surface area contributed by atoms with Crippen LogP contribution in [-0.4, -0.2) is 46.3 Å². The molecule has 100 valence electrons. The van der Waals surface area contributed by atoms with Crippen molar-refractivity contribution in [2.45, 2.75) is 39.8 Å². The quantitative estimate of drug-likeness (QED) is 0.849. The number of rotatable bonds is 5. The van der Waals surface area contributed by atoms with Crippen LogP contribution < -0.4 is 5.32 Å². The maximum atomic E-state index is 12.6. The van der Waals surface area contributed by atoms with Gasteiger partial charge in [0.15, 0.2) is 0 Å². The topological polar surface area (TPSA) is 50.2 Å². The Hall–Kier alpha value is -1.36. The standard InChI is InChI=1S/C13H22N4O/c1-4-6-16(11-8-14-9-11)13(18)12-7-10(3)15-17(12)5-2/h7,11,14H,4-6,8-9H2,1-3H3. The Kier molecular flexibility index (Phi) is 4.01. The summed E-state index contributed by atoms with van der Waals surface area (Å²) >= 11 is 0. The summed E-state index contributed by atoms with van der Waals surface area (Å²) in [5.41, 5.74) is 1.62. The number of aryl methyl sites for hydroxylation is 2. The van der Waals surface area contributed by atoms with E-state index in [1.807, 2.05) is 24.8 Å². The van der Waals surface area contributed by atoms with Gasteiger partial charge in [-0.2, -0.15) is 5.10 Å². The number of amides is 1. The molecule has 0 aliphatic carbocycles. The number of carbonyl (C=O) groups is 1. The lowest BCUT2D eigenvalue weighted by Gasteiger charge is -2.38. The lowest BCUT2D eigenvalue weighted by atomic mass is 10.1. The van der Waals surface area contributed by atoms with Gasteiger partial charge in [0.05, 0.1) is 11.7 Å². The average molecular weight is 250 g/mol. The molecule has 2 rings (SSSR count). The van der Waals surface area contributed by atoms with Gasteiger partial charge in [-0.3, -0.25) is 9.48 Å². The van der Waals surface area contributed by atoms with E-state index in [1.54, 1.807) is 4.68 Å². The molecule has 1 saturated heterocycles. The third kappa shape index (κ3) is 2.41. The van der Waals surface area contributed by atoms with E-state index in [-0.39, 0.29) is 5.91 Å². The Morgan fingerprint density at radius 1 is 1.56 bits per heavy atom. The molecule has 2 heterocycles. The molecule has 0 spiro atoms. The summed E-state index contributed by atoms with van der Waals surface area (Å²) < 4.78 is 1.80. The van der Waals surface area contributed by atoms with Crippen LogP contribution in [0.3, 0.4) is 0 Å². The number of hydrogen-bond donors (Lipinski definition) is 1. The van der Waals surface area contributed by atoms with Gasteiger partial charge in [-0.25, -0.2) is 0 Å². The van der Waals surface area contributed by atoms with E-state index in [4.69, 9.17) is 0 Å². The molecule has 0 radical (unpaired) electrons. The van der Waals surface area contributed by atoms with Crippen molar-refractivity contribution < 1.29 is 4.79 Å². The molecular weight excluding hydrogens is 228 g/mol. The van der Waals surface area contributed by atoms with Crippen LogP contribution in [-0.2, 0) is 6.54 Å². The molecule has 1 aliphatic heterocycles. The van der Waals surface area contributed by atoms with E-state index >= 15 is 0 Å². The van der Waals surface area contributed by atoms with E-state index < -0.39 is 0 Å². The smallest absolute Gasteiger partial charge is 0.272 e. The second kappa shape index (κ2) is 5.52. The van der Waals surface area contributed by atoms with Crippen LogP contribution in [0.15, 0.2) is 6.07 Å². The van der Waals surface area contributed by atoms with Crippen LogP contribution in [0.5, 0.6) is 0 Å². The fourth-order valence-electron chi connectivity index (χ4n) is 2.29. The second-order valence-corrected chi connectivity index (χ2v) is 4.80. The van der Waals surface area contributed by atoms with Crippen molar-refractivity contribution in [1.29, 1.82) is 0 Å². The van der Waals surface area contributed by atoms with Crippen LogP contribution in [0, 0.1) is 6.92 Å². The lowest BCUT2D eigenvalue weighted by Crippen LogP contribution is -2.59. The molecule has 5 nitrogen and oxygen atoms in total.